The Hall–Kier alpha value is -3.43. The van der Waals surface area contributed by atoms with Crippen LogP contribution in [0.2, 0.25) is 0 Å². The first-order valence-corrected chi connectivity index (χ1v) is 10.9. The molecule has 3 aromatic rings. The Balaban J connectivity index is 1.21. The SMILES string of the molecule is COc1ccc2ncnc(OC3CCN(C[C@@H](O)CNC(=O)OCc4ccccc4)C3)c2c1. The van der Waals surface area contributed by atoms with Gasteiger partial charge in [0.1, 0.15) is 24.8 Å². The number of benzene rings is 2. The van der Waals surface area contributed by atoms with Crippen molar-refractivity contribution < 1.29 is 24.1 Å². The van der Waals surface area contributed by atoms with Crippen LogP contribution < -0.4 is 14.8 Å². The van der Waals surface area contributed by atoms with Crippen molar-refractivity contribution in [2.75, 3.05) is 33.3 Å². The van der Waals surface area contributed by atoms with Crippen molar-refractivity contribution in [2.45, 2.75) is 25.2 Å². The van der Waals surface area contributed by atoms with Crippen molar-refractivity contribution >= 4 is 17.0 Å². The number of aromatic nitrogens is 2. The molecular weight excluding hydrogens is 424 g/mol. The first kappa shape index (κ1) is 22.8. The number of hydrogen-bond donors (Lipinski definition) is 2. The average Bonchev–Trinajstić information content (AvgIpc) is 3.28. The van der Waals surface area contributed by atoms with Gasteiger partial charge in [-0.15, -0.1) is 0 Å². The molecule has 0 bridgehead atoms. The molecule has 1 aromatic heterocycles. The van der Waals surface area contributed by atoms with Crippen LogP contribution in [0.25, 0.3) is 10.9 Å². The summed E-state index contributed by atoms with van der Waals surface area (Å²) >= 11 is 0. The number of aliphatic hydroxyl groups excluding tert-OH is 1. The van der Waals surface area contributed by atoms with E-state index in [4.69, 9.17) is 14.2 Å². The summed E-state index contributed by atoms with van der Waals surface area (Å²) in [6, 6.07) is 15.0. The first-order chi connectivity index (χ1) is 16.1. The van der Waals surface area contributed by atoms with Crippen LogP contribution in [0.1, 0.15) is 12.0 Å². The van der Waals surface area contributed by atoms with Crippen LogP contribution in [0.15, 0.2) is 54.9 Å². The molecule has 33 heavy (non-hydrogen) atoms. The maximum absolute atomic E-state index is 11.9. The molecule has 1 saturated heterocycles. The number of rotatable bonds is 9. The molecule has 2 heterocycles. The van der Waals surface area contributed by atoms with Crippen molar-refractivity contribution in [1.82, 2.24) is 20.2 Å². The lowest BCUT2D eigenvalue weighted by atomic mass is 10.2. The monoisotopic (exact) mass is 452 g/mol. The fourth-order valence-electron chi connectivity index (χ4n) is 3.79. The molecule has 1 fully saturated rings. The summed E-state index contributed by atoms with van der Waals surface area (Å²) < 4.78 is 16.6. The molecule has 1 aliphatic heterocycles. The van der Waals surface area contributed by atoms with E-state index in [-0.39, 0.29) is 19.3 Å². The number of methoxy groups -OCH3 is 1. The molecule has 2 N–H and O–H groups in total. The molecule has 1 amide bonds. The minimum Gasteiger partial charge on any atom is -0.497 e. The van der Waals surface area contributed by atoms with Crippen molar-refractivity contribution in [2.24, 2.45) is 0 Å². The average molecular weight is 453 g/mol. The maximum atomic E-state index is 11.9. The quantitative estimate of drug-likeness (QED) is 0.510. The third-order valence-electron chi connectivity index (χ3n) is 5.48. The van der Waals surface area contributed by atoms with Crippen LogP contribution in [-0.4, -0.2) is 71.6 Å². The van der Waals surface area contributed by atoms with Gasteiger partial charge in [0, 0.05) is 26.2 Å². The predicted molar refractivity (Wildman–Crippen MR) is 122 cm³/mol. The lowest BCUT2D eigenvalue weighted by Crippen LogP contribution is -2.40. The second kappa shape index (κ2) is 10.9. The minimum atomic E-state index is -0.711. The van der Waals surface area contributed by atoms with Crippen LogP contribution in [0.5, 0.6) is 11.6 Å². The van der Waals surface area contributed by atoms with Gasteiger partial charge in [-0.05, 0) is 30.2 Å². The summed E-state index contributed by atoms with van der Waals surface area (Å²) in [4.78, 5) is 22.6. The van der Waals surface area contributed by atoms with Gasteiger partial charge >= 0.3 is 6.09 Å². The number of carbonyl (C=O) groups excluding carboxylic acids is 1. The Morgan fingerprint density at radius 2 is 2.09 bits per heavy atom. The summed E-state index contributed by atoms with van der Waals surface area (Å²) in [7, 11) is 1.61. The fraction of sp³-hybridized carbons (Fsp3) is 0.375. The number of fused-ring (bicyclic) bond motifs is 1. The Labute approximate surface area is 192 Å². The van der Waals surface area contributed by atoms with Crippen molar-refractivity contribution in [3.05, 3.63) is 60.4 Å². The van der Waals surface area contributed by atoms with E-state index < -0.39 is 12.2 Å². The Kier molecular flexibility index (Phi) is 7.54. The van der Waals surface area contributed by atoms with Gasteiger partial charge in [-0.2, -0.15) is 0 Å². The summed E-state index contributed by atoms with van der Waals surface area (Å²) in [5.74, 6) is 1.24. The Morgan fingerprint density at radius 1 is 1.24 bits per heavy atom. The number of amides is 1. The zero-order valence-electron chi connectivity index (χ0n) is 18.5. The lowest BCUT2D eigenvalue weighted by Gasteiger charge is -2.20. The lowest BCUT2D eigenvalue weighted by molar-refractivity contribution is 0.103. The second-order valence-corrected chi connectivity index (χ2v) is 7.95. The number of nitrogens with zero attached hydrogens (tertiary/aromatic N) is 3. The highest BCUT2D eigenvalue weighted by Gasteiger charge is 2.26. The predicted octanol–water partition coefficient (Wildman–Crippen LogP) is 2.38. The first-order valence-electron chi connectivity index (χ1n) is 10.9. The standard InChI is InChI=1S/C24H28N4O5/c1-31-19-7-8-22-21(11-19)23(27-16-26-22)33-20-9-10-28(14-20)13-18(29)12-25-24(30)32-15-17-5-3-2-4-6-17/h2-8,11,16,18,20,29H,9-10,12-15H2,1H3,(H,25,30)/t18-,20?/m0/s1. The Bertz CT molecular complexity index is 1070. The molecule has 0 aliphatic carbocycles. The number of carbonyl (C=O) groups is 1. The maximum Gasteiger partial charge on any atom is 0.407 e. The van der Waals surface area contributed by atoms with Gasteiger partial charge in [0.2, 0.25) is 5.88 Å². The molecule has 4 rings (SSSR count). The van der Waals surface area contributed by atoms with Crippen LogP contribution in [0, 0.1) is 0 Å². The highest BCUT2D eigenvalue weighted by atomic mass is 16.5. The number of alkyl carbamates (subject to hydrolysis) is 1. The summed E-state index contributed by atoms with van der Waals surface area (Å²) in [6.07, 6.45) is 0.992. The van der Waals surface area contributed by atoms with Crippen molar-refractivity contribution in [1.29, 1.82) is 0 Å². The summed E-state index contributed by atoms with van der Waals surface area (Å²) in [6.45, 7) is 2.18. The zero-order valence-corrected chi connectivity index (χ0v) is 18.5. The topological polar surface area (TPSA) is 106 Å². The molecule has 0 spiro atoms. The molecule has 1 unspecified atom stereocenters. The third-order valence-corrected chi connectivity index (χ3v) is 5.48. The largest absolute Gasteiger partial charge is 0.497 e. The van der Waals surface area contributed by atoms with Gasteiger partial charge in [-0.1, -0.05) is 30.3 Å². The number of likely N-dealkylation sites (tertiary alicyclic amines) is 1. The molecule has 9 nitrogen and oxygen atoms in total. The minimum absolute atomic E-state index is 0.0507. The van der Waals surface area contributed by atoms with E-state index >= 15 is 0 Å². The third kappa shape index (κ3) is 6.30. The van der Waals surface area contributed by atoms with Gasteiger partial charge in [0.15, 0.2) is 0 Å². The van der Waals surface area contributed by atoms with Crippen molar-refractivity contribution in [3.8, 4) is 11.6 Å². The Morgan fingerprint density at radius 3 is 2.91 bits per heavy atom. The molecule has 9 heteroatoms. The van der Waals surface area contributed by atoms with E-state index in [1.807, 2.05) is 48.5 Å². The normalized spacial score (nSPS) is 17.0. The highest BCUT2D eigenvalue weighted by Crippen LogP contribution is 2.27. The van der Waals surface area contributed by atoms with Gasteiger partial charge in [0.25, 0.3) is 0 Å². The fourth-order valence-corrected chi connectivity index (χ4v) is 3.79. The number of hydrogen-bond acceptors (Lipinski definition) is 8. The molecule has 0 radical (unpaired) electrons. The zero-order chi connectivity index (χ0) is 23.0. The molecule has 2 atom stereocenters. The van der Waals surface area contributed by atoms with Gasteiger partial charge in [-0.25, -0.2) is 14.8 Å². The van der Waals surface area contributed by atoms with E-state index in [1.54, 1.807) is 7.11 Å². The molecular formula is C24H28N4O5. The summed E-state index contributed by atoms with van der Waals surface area (Å²) in [5.41, 5.74) is 1.70. The van der Waals surface area contributed by atoms with Gasteiger partial charge in [0.05, 0.1) is 24.1 Å². The van der Waals surface area contributed by atoms with E-state index in [9.17, 15) is 9.90 Å². The van der Waals surface area contributed by atoms with E-state index in [2.05, 4.69) is 20.2 Å². The molecule has 1 aliphatic rings. The van der Waals surface area contributed by atoms with Gasteiger partial charge in [-0.3, -0.25) is 4.90 Å². The van der Waals surface area contributed by atoms with E-state index in [0.29, 0.717) is 24.7 Å². The van der Waals surface area contributed by atoms with Crippen LogP contribution in [0.4, 0.5) is 4.79 Å². The smallest absolute Gasteiger partial charge is 0.407 e. The number of β-amino-alcohol motifs (C(OH)–C–C–N with tert-alkyl or cyclic N) is 1. The number of ether oxygens (including phenoxy) is 3. The van der Waals surface area contributed by atoms with Gasteiger partial charge < -0.3 is 24.6 Å². The number of aliphatic hydroxyl groups is 1. The highest BCUT2D eigenvalue weighted by molar-refractivity contribution is 5.84. The van der Waals surface area contributed by atoms with Crippen LogP contribution >= 0.6 is 0 Å². The number of nitrogens with one attached hydrogen (secondary N) is 1. The second-order valence-electron chi connectivity index (χ2n) is 7.95. The van der Waals surface area contributed by atoms with Crippen molar-refractivity contribution in [3.63, 3.8) is 0 Å². The molecule has 174 valence electrons. The molecule has 0 saturated carbocycles. The summed E-state index contributed by atoms with van der Waals surface area (Å²) in [5, 5.41) is 13.7. The van der Waals surface area contributed by atoms with Crippen LogP contribution in [0.3, 0.4) is 0 Å². The molecule has 2 aromatic carbocycles. The van der Waals surface area contributed by atoms with E-state index in [1.165, 1.54) is 6.33 Å². The van der Waals surface area contributed by atoms with E-state index in [0.717, 1.165) is 29.4 Å². The van der Waals surface area contributed by atoms with Crippen LogP contribution in [-0.2, 0) is 11.3 Å².